The third-order valence-corrected chi connectivity index (χ3v) is 4.02. The lowest BCUT2D eigenvalue weighted by Crippen LogP contribution is -2.20. The quantitative estimate of drug-likeness (QED) is 0.700. The maximum Gasteiger partial charge on any atom is 0.323 e. The van der Waals surface area contributed by atoms with Gasteiger partial charge < -0.3 is 10.6 Å². The molecule has 0 unspecified atom stereocenters. The number of aromatic nitrogens is 2. The molecule has 0 aliphatic carbocycles. The number of amides is 2. The number of hydrogen-bond donors (Lipinski definition) is 2. The van der Waals surface area contributed by atoms with Gasteiger partial charge in [0.05, 0.1) is 22.4 Å². The summed E-state index contributed by atoms with van der Waals surface area (Å²) in [5.74, 6) is 0. The van der Waals surface area contributed by atoms with Crippen molar-refractivity contribution < 1.29 is 4.79 Å². The highest BCUT2D eigenvalue weighted by Crippen LogP contribution is 2.21. The van der Waals surface area contributed by atoms with Gasteiger partial charge in [0, 0.05) is 16.4 Å². The van der Waals surface area contributed by atoms with E-state index >= 15 is 0 Å². The van der Waals surface area contributed by atoms with Crippen LogP contribution in [0.3, 0.4) is 0 Å². The van der Waals surface area contributed by atoms with Crippen molar-refractivity contribution in [1.29, 1.82) is 0 Å². The lowest BCUT2D eigenvalue weighted by molar-refractivity contribution is 0.262. The minimum atomic E-state index is -0.337. The average molecular weight is 341 g/mol. The van der Waals surface area contributed by atoms with Crippen LogP contribution in [0.5, 0.6) is 0 Å². The van der Waals surface area contributed by atoms with E-state index in [-0.39, 0.29) is 6.03 Å². The minimum absolute atomic E-state index is 0.337. The summed E-state index contributed by atoms with van der Waals surface area (Å²) in [6, 6.07) is 10.5. The Hall–Kier alpha value is -2.66. The number of hydrogen-bond acceptors (Lipinski definition) is 3. The fraction of sp³-hybridized carbons (Fsp3) is 0.167. The standard InChI is InChI=1S/C18H17ClN4O/c1-10-4-5-13(19)8-16(10)23-18(24)22-14-6-7-15-17(9-14)21-12(3)11(2)20-15/h4-9H,1-3H3,(H2,22,23,24). The molecule has 6 heteroatoms. The molecule has 0 radical (unpaired) electrons. The Morgan fingerprint density at radius 3 is 2.38 bits per heavy atom. The number of halogens is 1. The summed E-state index contributed by atoms with van der Waals surface area (Å²) in [7, 11) is 0. The van der Waals surface area contributed by atoms with Crippen LogP contribution >= 0.6 is 11.6 Å². The van der Waals surface area contributed by atoms with E-state index in [1.807, 2.05) is 32.9 Å². The van der Waals surface area contributed by atoms with Gasteiger partial charge in [0.25, 0.3) is 0 Å². The van der Waals surface area contributed by atoms with E-state index in [1.165, 1.54) is 0 Å². The first kappa shape index (κ1) is 16.2. The summed E-state index contributed by atoms with van der Waals surface area (Å²) in [6.07, 6.45) is 0. The van der Waals surface area contributed by atoms with Crippen LogP contribution in [0.25, 0.3) is 11.0 Å². The molecule has 5 nitrogen and oxygen atoms in total. The topological polar surface area (TPSA) is 66.9 Å². The van der Waals surface area contributed by atoms with Crippen LogP contribution in [0.15, 0.2) is 36.4 Å². The molecule has 24 heavy (non-hydrogen) atoms. The van der Waals surface area contributed by atoms with Gasteiger partial charge in [-0.15, -0.1) is 0 Å². The van der Waals surface area contributed by atoms with Crippen molar-refractivity contribution in [3.8, 4) is 0 Å². The number of urea groups is 1. The van der Waals surface area contributed by atoms with Gasteiger partial charge in [-0.05, 0) is 56.7 Å². The molecule has 3 aromatic rings. The number of rotatable bonds is 2. The SMILES string of the molecule is Cc1ccc(Cl)cc1NC(=O)Nc1ccc2nc(C)c(C)nc2c1. The maximum atomic E-state index is 12.2. The van der Waals surface area contributed by atoms with Crippen molar-refractivity contribution in [3.05, 3.63) is 58.4 Å². The molecular weight excluding hydrogens is 324 g/mol. The summed E-state index contributed by atoms with van der Waals surface area (Å²) in [4.78, 5) is 21.2. The zero-order valence-corrected chi connectivity index (χ0v) is 14.4. The number of aryl methyl sites for hydroxylation is 3. The van der Waals surface area contributed by atoms with Gasteiger partial charge >= 0.3 is 6.03 Å². The van der Waals surface area contributed by atoms with Crippen molar-refractivity contribution >= 4 is 40.0 Å². The van der Waals surface area contributed by atoms with Gasteiger partial charge in [-0.25, -0.2) is 14.8 Å². The third-order valence-electron chi connectivity index (χ3n) is 3.78. The van der Waals surface area contributed by atoms with Crippen LogP contribution in [0, 0.1) is 20.8 Å². The molecule has 3 rings (SSSR count). The summed E-state index contributed by atoms with van der Waals surface area (Å²) >= 11 is 5.97. The highest BCUT2D eigenvalue weighted by atomic mass is 35.5. The summed E-state index contributed by atoms with van der Waals surface area (Å²) in [6.45, 7) is 5.74. The molecule has 1 heterocycles. The molecule has 0 aliphatic heterocycles. The van der Waals surface area contributed by atoms with E-state index in [0.717, 1.165) is 28.0 Å². The number of benzene rings is 2. The second kappa shape index (κ2) is 6.45. The second-order valence-electron chi connectivity index (χ2n) is 5.64. The monoisotopic (exact) mass is 340 g/mol. The highest BCUT2D eigenvalue weighted by Gasteiger charge is 2.08. The molecule has 1 aromatic heterocycles. The van der Waals surface area contributed by atoms with E-state index in [4.69, 9.17) is 11.6 Å². The first-order valence-corrected chi connectivity index (χ1v) is 7.89. The highest BCUT2D eigenvalue weighted by molar-refractivity contribution is 6.31. The van der Waals surface area contributed by atoms with E-state index < -0.39 is 0 Å². The Bertz CT molecular complexity index is 940. The van der Waals surface area contributed by atoms with E-state index in [0.29, 0.717) is 16.4 Å². The molecule has 2 aromatic carbocycles. The molecule has 122 valence electrons. The van der Waals surface area contributed by atoms with Gasteiger partial charge in [0.15, 0.2) is 0 Å². The Morgan fingerprint density at radius 1 is 0.917 bits per heavy atom. The number of nitrogens with zero attached hydrogens (tertiary/aromatic N) is 2. The molecule has 0 saturated carbocycles. The smallest absolute Gasteiger partial charge is 0.308 e. The normalized spacial score (nSPS) is 10.7. The van der Waals surface area contributed by atoms with Crippen LogP contribution in [0.1, 0.15) is 17.0 Å². The Morgan fingerprint density at radius 2 is 1.62 bits per heavy atom. The van der Waals surface area contributed by atoms with Gasteiger partial charge in [-0.2, -0.15) is 0 Å². The molecule has 0 bridgehead atoms. The van der Waals surface area contributed by atoms with Gasteiger partial charge in [0.2, 0.25) is 0 Å². The predicted molar refractivity (Wildman–Crippen MR) is 97.8 cm³/mol. The van der Waals surface area contributed by atoms with Crippen molar-refractivity contribution in [1.82, 2.24) is 9.97 Å². The molecule has 0 aliphatic rings. The number of carbonyl (C=O) groups excluding carboxylic acids is 1. The Balaban J connectivity index is 1.80. The van der Waals surface area contributed by atoms with Gasteiger partial charge in [0.1, 0.15) is 0 Å². The average Bonchev–Trinajstić information content (AvgIpc) is 2.52. The molecule has 2 N–H and O–H groups in total. The van der Waals surface area contributed by atoms with Crippen LogP contribution < -0.4 is 10.6 Å². The van der Waals surface area contributed by atoms with Crippen LogP contribution in [0.4, 0.5) is 16.2 Å². The van der Waals surface area contributed by atoms with Crippen molar-refractivity contribution in [2.75, 3.05) is 10.6 Å². The Kier molecular flexibility index (Phi) is 4.36. The van der Waals surface area contributed by atoms with Crippen molar-refractivity contribution in [3.63, 3.8) is 0 Å². The Labute approximate surface area is 145 Å². The lowest BCUT2D eigenvalue weighted by Gasteiger charge is -2.11. The predicted octanol–water partition coefficient (Wildman–Crippen LogP) is 4.85. The fourth-order valence-corrected chi connectivity index (χ4v) is 2.49. The lowest BCUT2D eigenvalue weighted by atomic mass is 10.2. The van der Waals surface area contributed by atoms with E-state index in [2.05, 4.69) is 20.6 Å². The van der Waals surface area contributed by atoms with Crippen LogP contribution in [0.2, 0.25) is 5.02 Å². The van der Waals surface area contributed by atoms with E-state index in [1.54, 1.807) is 24.3 Å². The second-order valence-corrected chi connectivity index (χ2v) is 6.07. The summed E-state index contributed by atoms with van der Waals surface area (Å²) in [5.41, 5.74) is 5.58. The maximum absolute atomic E-state index is 12.2. The zero-order valence-electron chi connectivity index (χ0n) is 13.6. The van der Waals surface area contributed by atoms with Crippen molar-refractivity contribution in [2.24, 2.45) is 0 Å². The number of fused-ring (bicyclic) bond motifs is 1. The number of anilines is 2. The largest absolute Gasteiger partial charge is 0.323 e. The van der Waals surface area contributed by atoms with Crippen molar-refractivity contribution in [2.45, 2.75) is 20.8 Å². The first-order valence-electron chi connectivity index (χ1n) is 7.51. The first-order chi connectivity index (χ1) is 11.4. The molecule has 0 saturated heterocycles. The summed E-state index contributed by atoms with van der Waals surface area (Å²) < 4.78 is 0. The molecule has 0 spiro atoms. The number of carbonyl (C=O) groups is 1. The third kappa shape index (κ3) is 3.46. The zero-order chi connectivity index (χ0) is 17.3. The molecule has 0 atom stereocenters. The molecular formula is C18H17ClN4O. The molecule has 0 fully saturated rings. The van der Waals surface area contributed by atoms with E-state index in [9.17, 15) is 4.79 Å². The van der Waals surface area contributed by atoms with Gasteiger partial charge in [-0.1, -0.05) is 17.7 Å². The van der Waals surface area contributed by atoms with Gasteiger partial charge in [-0.3, -0.25) is 0 Å². The fourth-order valence-electron chi connectivity index (χ4n) is 2.32. The number of nitrogens with one attached hydrogen (secondary N) is 2. The minimum Gasteiger partial charge on any atom is -0.308 e. The van der Waals surface area contributed by atoms with Crippen LogP contribution in [-0.2, 0) is 0 Å². The van der Waals surface area contributed by atoms with Crippen LogP contribution in [-0.4, -0.2) is 16.0 Å². The molecule has 2 amide bonds. The summed E-state index contributed by atoms with van der Waals surface area (Å²) in [5, 5.41) is 6.17.